The van der Waals surface area contributed by atoms with E-state index in [1.54, 1.807) is 18.4 Å². The Morgan fingerprint density at radius 2 is 2.21 bits per heavy atom. The number of methoxy groups -OCH3 is 1. The van der Waals surface area contributed by atoms with Crippen molar-refractivity contribution in [3.8, 4) is 5.75 Å². The lowest BCUT2D eigenvalue weighted by atomic mass is 10.2. The molecule has 1 heterocycles. The topological polar surface area (TPSA) is 38.5 Å². The van der Waals surface area contributed by atoms with Gasteiger partial charge in [0.25, 0.3) is 0 Å². The Hall–Kier alpha value is -1.68. The summed E-state index contributed by atoms with van der Waals surface area (Å²) >= 11 is 1.81. The average Bonchev–Trinajstić information content (AvgIpc) is 3.14. The van der Waals surface area contributed by atoms with Crippen LogP contribution >= 0.6 is 11.3 Å². The fourth-order valence-corrected chi connectivity index (χ4v) is 2.97. The second kappa shape index (κ2) is 5.13. The van der Waals surface area contributed by atoms with Crippen molar-refractivity contribution in [2.45, 2.75) is 25.4 Å². The molecule has 1 aromatic carbocycles. The van der Waals surface area contributed by atoms with Crippen molar-refractivity contribution >= 4 is 22.7 Å². The van der Waals surface area contributed by atoms with Crippen LogP contribution in [0.2, 0.25) is 0 Å². The van der Waals surface area contributed by atoms with E-state index in [-0.39, 0.29) is 0 Å². The predicted molar refractivity (Wildman–Crippen MR) is 80.9 cm³/mol. The van der Waals surface area contributed by atoms with Crippen molar-refractivity contribution in [2.75, 3.05) is 17.7 Å². The van der Waals surface area contributed by atoms with Crippen LogP contribution in [0.15, 0.2) is 35.7 Å². The van der Waals surface area contributed by atoms with Crippen LogP contribution in [0.1, 0.15) is 17.7 Å². The van der Waals surface area contributed by atoms with E-state index in [1.807, 2.05) is 12.1 Å². The molecule has 0 bridgehead atoms. The highest BCUT2D eigenvalue weighted by Crippen LogP contribution is 2.36. The normalized spacial score (nSPS) is 14.4. The van der Waals surface area contributed by atoms with Gasteiger partial charge in [-0.3, -0.25) is 0 Å². The number of rotatable bonds is 5. The molecule has 0 aliphatic heterocycles. The van der Waals surface area contributed by atoms with Gasteiger partial charge in [0.15, 0.2) is 0 Å². The highest BCUT2D eigenvalue weighted by Gasteiger charge is 2.29. The second-order valence-electron chi connectivity index (χ2n) is 4.86. The summed E-state index contributed by atoms with van der Waals surface area (Å²) in [5, 5.41) is 2.13. The van der Waals surface area contributed by atoms with Crippen molar-refractivity contribution in [2.24, 2.45) is 0 Å². The molecule has 1 saturated carbocycles. The van der Waals surface area contributed by atoms with Gasteiger partial charge in [0, 0.05) is 22.7 Å². The monoisotopic (exact) mass is 274 g/mol. The van der Waals surface area contributed by atoms with Gasteiger partial charge < -0.3 is 15.4 Å². The summed E-state index contributed by atoms with van der Waals surface area (Å²) in [5.41, 5.74) is 7.78. The SMILES string of the molecule is COc1cc(N(Cc2cccs2)C2CC2)ccc1N. The second-order valence-corrected chi connectivity index (χ2v) is 5.90. The Morgan fingerprint density at radius 3 is 2.84 bits per heavy atom. The molecule has 19 heavy (non-hydrogen) atoms. The number of hydrogen-bond acceptors (Lipinski definition) is 4. The molecule has 3 rings (SSSR count). The summed E-state index contributed by atoms with van der Waals surface area (Å²) in [7, 11) is 1.66. The summed E-state index contributed by atoms with van der Waals surface area (Å²) in [6, 6.07) is 11.0. The van der Waals surface area contributed by atoms with Crippen molar-refractivity contribution in [3.05, 3.63) is 40.6 Å². The van der Waals surface area contributed by atoms with E-state index in [9.17, 15) is 0 Å². The third kappa shape index (κ3) is 2.68. The molecule has 100 valence electrons. The Labute approximate surface area is 117 Å². The first-order valence-corrected chi connectivity index (χ1v) is 7.38. The number of anilines is 2. The van der Waals surface area contributed by atoms with Crippen LogP contribution in [-0.2, 0) is 6.54 Å². The zero-order valence-electron chi connectivity index (χ0n) is 11.0. The fourth-order valence-electron chi connectivity index (χ4n) is 2.27. The van der Waals surface area contributed by atoms with Crippen LogP contribution in [-0.4, -0.2) is 13.2 Å². The van der Waals surface area contributed by atoms with E-state index in [1.165, 1.54) is 23.4 Å². The van der Waals surface area contributed by atoms with Gasteiger partial charge in [0.1, 0.15) is 5.75 Å². The molecule has 4 heteroatoms. The maximum Gasteiger partial charge on any atom is 0.143 e. The first-order chi connectivity index (χ1) is 9.28. The largest absolute Gasteiger partial charge is 0.495 e. The van der Waals surface area contributed by atoms with Crippen molar-refractivity contribution in [3.63, 3.8) is 0 Å². The summed E-state index contributed by atoms with van der Waals surface area (Å²) in [4.78, 5) is 3.84. The minimum Gasteiger partial charge on any atom is -0.495 e. The van der Waals surface area contributed by atoms with Crippen LogP contribution in [0.5, 0.6) is 5.75 Å². The minimum absolute atomic E-state index is 0.662. The van der Waals surface area contributed by atoms with Crippen molar-refractivity contribution in [1.82, 2.24) is 0 Å². The average molecular weight is 274 g/mol. The van der Waals surface area contributed by atoms with Gasteiger partial charge in [-0.15, -0.1) is 11.3 Å². The lowest BCUT2D eigenvalue weighted by Gasteiger charge is -2.25. The molecular weight excluding hydrogens is 256 g/mol. The summed E-state index contributed by atoms with van der Waals surface area (Å²) in [5.74, 6) is 0.759. The molecule has 0 unspecified atom stereocenters. The molecule has 1 aliphatic carbocycles. The van der Waals surface area contributed by atoms with E-state index in [2.05, 4.69) is 28.5 Å². The molecule has 2 N–H and O–H groups in total. The number of nitrogens with zero attached hydrogens (tertiary/aromatic N) is 1. The molecule has 1 fully saturated rings. The molecule has 1 aliphatic rings. The zero-order valence-corrected chi connectivity index (χ0v) is 11.8. The van der Waals surface area contributed by atoms with Gasteiger partial charge >= 0.3 is 0 Å². The lowest BCUT2D eigenvalue weighted by molar-refractivity contribution is 0.417. The number of thiophene rings is 1. The van der Waals surface area contributed by atoms with E-state index in [0.717, 1.165) is 12.3 Å². The van der Waals surface area contributed by atoms with Crippen molar-refractivity contribution in [1.29, 1.82) is 0 Å². The Morgan fingerprint density at radius 1 is 1.37 bits per heavy atom. The van der Waals surface area contributed by atoms with E-state index < -0.39 is 0 Å². The van der Waals surface area contributed by atoms with Gasteiger partial charge in [-0.2, -0.15) is 0 Å². The standard InChI is InChI=1S/C15H18N2OS/c1-18-15-9-12(6-7-14(15)16)17(11-4-5-11)10-13-3-2-8-19-13/h2-3,6-9,11H,4-5,10,16H2,1H3. The van der Waals surface area contributed by atoms with Gasteiger partial charge in [0.05, 0.1) is 19.3 Å². The summed E-state index contributed by atoms with van der Waals surface area (Å²) < 4.78 is 5.32. The quantitative estimate of drug-likeness (QED) is 0.848. The van der Waals surface area contributed by atoms with E-state index in [0.29, 0.717) is 11.7 Å². The van der Waals surface area contributed by atoms with Gasteiger partial charge in [-0.25, -0.2) is 0 Å². The highest BCUT2D eigenvalue weighted by atomic mass is 32.1. The minimum atomic E-state index is 0.662. The predicted octanol–water partition coefficient (Wildman–Crippen LogP) is 3.51. The van der Waals surface area contributed by atoms with Gasteiger partial charge in [-0.05, 0) is 36.4 Å². The zero-order chi connectivity index (χ0) is 13.2. The number of ether oxygens (including phenoxy) is 1. The van der Waals surface area contributed by atoms with Crippen LogP contribution in [0.4, 0.5) is 11.4 Å². The van der Waals surface area contributed by atoms with Crippen LogP contribution < -0.4 is 15.4 Å². The molecule has 0 saturated heterocycles. The lowest BCUT2D eigenvalue weighted by Crippen LogP contribution is -2.24. The smallest absolute Gasteiger partial charge is 0.143 e. The molecule has 0 radical (unpaired) electrons. The first kappa shape index (κ1) is 12.4. The van der Waals surface area contributed by atoms with Gasteiger partial charge in [0.2, 0.25) is 0 Å². The number of hydrogen-bond donors (Lipinski definition) is 1. The number of nitrogens with two attached hydrogens (primary N) is 1. The summed E-state index contributed by atoms with van der Waals surface area (Å²) in [6.07, 6.45) is 2.55. The van der Waals surface area contributed by atoms with Crippen molar-refractivity contribution < 1.29 is 4.74 Å². The Kier molecular flexibility index (Phi) is 3.34. The van der Waals surface area contributed by atoms with E-state index in [4.69, 9.17) is 10.5 Å². The molecule has 0 amide bonds. The van der Waals surface area contributed by atoms with Gasteiger partial charge in [-0.1, -0.05) is 6.07 Å². The Balaban J connectivity index is 1.87. The number of benzene rings is 1. The van der Waals surface area contributed by atoms with Crippen LogP contribution in [0.25, 0.3) is 0 Å². The van der Waals surface area contributed by atoms with Crippen LogP contribution in [0, 0.1) is 0 Å². The molecule has 1 aromatic heterocycles. The summed E-state index contributed by atoms with van der Waals surface area (Å²) in [6.45, 7) is 0.968. The molecular formula is C15H18N2OS. The first-order valence-electron chi connectivity index (χ1n) is 6.50. The van der Waals surface area contributed by atoms with Crippen LogP contribution in [0.3, 0.4) is 0 Å². The van der Waals surface area contributed by atoms with E-state index >= 15 is 0 Å². The fraction of sp³-hybridized carbons (Fsp3) is 0.333. The highest BCUT2D eigenvalue weighted by molar-refractivity contribution is 7.09. The molecule has 3 nitrogen and oxygen atoms in total. The molecule has 0 atom stereocenters. The maximum atomic E-state index is 5.89. The molecule has 2 aromatic rings. The third-order valence-electron chi connectivity index (χ3n) is 3.44. The number of nitrogen functional groups attached to an aromatic ring is 1. The Bertz CT molecular complexity index is 549. The third-order valence-corrected chi connectivity index (χ3v) is 4.30. The molecule has 0 spiro atoms. The maximum absolute atomic E-state index is 5.89.